The summed E-state index contributed by atoms with van der Waals surface area (Å²) >= 11 is 1.57. The molecule has 1 heterocycles. The Morgan fingerprint density at radius 1 is 1.28 bits per heavy atom. The minimum Gasteiger partial charge on any atom is -0.356 e. The fraction of sp³-hybridized carbons (Fsp3) is 0.783. The lowest BCUT2D eigenvalue weighted by molar-refractivity contribution is -0.136. The number of carbonyl (C=O) groups excluding carboxylic acids is 2. The summed E-state index contributed by atoms with van der Waals surface area (Å²) in [5, 5.41) is 2.94. The van der Waals surface area contributed by atoms with Crippen molar-refractivity contribution in [2.24, 2.45) is 21.7 Å². The number of aromatic nitrogens is 1. The highest BCUT2D eigenvalue weighted by Gasteiger charge is 2.57. The van der Waals surface area contributed by atoms with Crippen molar-refractivity contribution in [3.8, 4) is 0 Å². The summed E-state index contributed by atoms with van der Waals surface area (Å²) in [6, 6.07) is 0. The molecule has 2 amide bonds. The van der Waals surface area contributed by atoms with Crippen LogP contribution in [0.15, 0.2) is 11.2 Å². The van der Waals surface area contributed by atoms with E-state index in [1.807, 2.05) is 13.8 Å². The van der Waals surface area contributed by atoms with Gasteiger partial charge in [0.1, 0.15) is 4.67 Å². The Morgan fingerprint density at radius 3 is 2.48 bits per heavy atom. The second kappa shape index (κ2) is 8.75. The van der Waals surface area contributed by atoms with Gasteiger partial charge in [-0.3, -0.25) is 13.5 Å². The van der Waals surface area contributed by atoms with Crippen LogP contribution < -0.4 is 9.99 Å². The van der Waals surface area contributed by atoms with Crippen molar-refractivity contribution < 1.29 is 9.59 Å². The van der Waals surface area contributed by atoms with Gasteiger partial charge in [0.2, 0.25) is 5.91 Å². The molecule has 1 N–H and O–H groups in total. The van der Waals surface area contributed by atoms with Crippen LogP contribution in [0.25, 0.3) is 0 Å². The number of carbonyl (C=O) groups is 2. The van der Waals surface area contributed by atoms with E-state index in [4.69, 9.17) is 0 Å². The van der Waals surface area contributed by atoms with E-state index in [1.54, 1.807) is 11.5 Å². The van der Waals surface area contributed by atoms with E-state index < -0.39 is 10.8 Å². The molecule has 0 saturated heterocycles. The van der Waals surface area contributed by atoms with Gasteiger partial charge in [0, 0.05) is 29.8 Å². The zero-order chi connectivity index (χ0) is 22.0. The first kappa shape index (κ1) is 23.8. The van der Waals surface area contributed by atoms with E-state index in [-0.39, 0.29) is 23.3 Å². The van der Waals surface area contributed by atoms with E-state index in [1.165, 1.54) is 0 Å². The third kappa shape index (κ3) is 4.68. The van der Waals surface area contributed by atoms with Gasteiger partial charge >= 0.3 is 0 Å². The molecule has 164 valence electrons. The van der Waals surface area contributed by atoms with Crippen LogP contribution in [0.5, 0.6) is 0 Å². The third-order valence-corrected chi connectivity index (χ3v) is 8.14. The minimum absolute atomic E-state index is 0.0394. The van der Waals surface area contributed by atoms with Gasteiger partial charge in [0.25, 0.3) is 5.91 Å². The summed E-state index contributed by atoms with van der Waals surface area (Å²) in [6.45, 7) is 17.3. The van der Waals surface area contributed by atoms with Crippen molar-refractivity contribution in [3.05, 3.63) is 16.4 Å². The molecule has 0 radical (unpaired) electrons. The highest BCUT2D eigenvalue weighted by Crippen LogP contribution is 2.56. The lowest BCUT2D eigenvalue weighted by Crippen LogP contribution is -2.45. The predicted octanol–water partition coefficient (Wildman–Crippen LogP) is 4.65. The highest BCUT2D eigenvalue weighted by molar-refractivity contribution is 7.04. The van der Waals surface area contributed by atoms with E-state index >= 15 is 0 Å². The molecule has 2 atom stereocenters. The Hall–Kier alpha value is -1.43. The lowest BCUT2D eigenvalue weighted by Gasteiger charge is -2.38. The zero-order valence-corrected chi connectivity index (χ0v) is 20.3. The van der Waals surface area contributed by atoms with Crippen LogP contribution in [0.2, 0.25) is 0 Å². The van der Waals surface area contributed by atoms with Crippen LogP contribution in [-0.2, 0) is 21.5 Å². The number of hydrogen-bond donors (Lipinski definition) is 1. The maximum absolute atomic E-state index is 13.5. The third-order valence-electron chi connectivity index (χ3n) is 6.76. The molecular formula is C23H39N3O2S. The SMILES string of the molecule is CCCCc1cn(C(C)(C)C)s/c1=N\C(=O)[C@]1(C)CC[C@H](C(=O)NCC)C1(C)C. The number of aryl methyl sites for hydroxylation is 1. The van der Waals surface area contributed by atoms with Crippen LogP contribution in [0, 0.1) is 16.7 Å². The quantitative estimate of drug-likeness (QED) is 0.726. The monoisotopic (exact) mass is 421 g/mol. The maximum atomic E-state index is 13.5. The molecule has 1 aliphatic carbocycles. The first-order chi connectivity index (χ1) is 13.4. The number of hydrogen-bond acceptors (Lipinski definition) is 3. The van der Waals surface area contributed by atoms with Crippen LogP contribution in [0.4, 0.5) is 0 Å². The van der Waals surface area contributed by atoms with Gasteiger partial charge in [0.15, 0.2) is 0 Å². The average molecular weight is 422 g/mol. The number of unbranched alkanes of at least 4 members (excludes halogenated alkanes) is 1. The normalized spacial score (nSPS) is 24.7. The molecule has 0 aromatic carbocycles. The number of nitrogens with one attached hydrogen (secondary N) is 1. The Morgan fingerprint density at radius 2 is 1.93 bits per heavy atom. The van der Waals surface area contributed by atoms with Gasteiger partial charge in [-0.05, 0) is 70.3 Å². The van der Waals surface area contributed by atoms with Gasteiger partial charge < -0.3 is 5.32 Å². The fourth-order valence-corrected chi connectivity index (χ4v) is 5.23. The first-order valence-electron chi connectivity index (χ1n) is 11.0. The average Bonchev–Trinajstić information content (AvgIpc) is 3.12. The summed E-state index contributed by atoms with van der Waals surface area (Å²) in [5.41, 5.74) is 0.0388. The van der Waals surface area contributed by atoms with Crippen LogP contribution >= 0.6 is 11.5 Å². The molecule has 0 aliphatic heterocycles. The van der Waals surface area contributed by atoms with Crippen molar-refractivity contribution in [1.29, 1.82) is 0 Å². The van der Waals surface area contributed by atoms with Gasteiger partial charge in [-0.2, -0.15) is 0 Å². The molecule has 1 saturated carbocycles. The molecule has 5 nitrogen and oxygen atoms in total. The molecule has 2 rings (SSSR count). The molecule has 0 unspecified atom stereocenters. The Kier molecular flexibility index (Phi) is 7.19. The number of nitrogens with zero attached hydrogens (tertiary/aromatic N) is 2. The molecule has 1 aliphatic rings. The molecular weight excluding hydrogens is 382 g/mol. The first-order valence-corrected chi connectivity index (χ1v) is 11.7. The van der Waals surface area contributed by atoms with Crippen molar-refractivity contribution in [3.63, 3.8) is 0 Å². The second-order valence-corrected chi connectivity index (χ2v) is 11.1. The Labute approximate surface area is 180 Å². The molecule has 0 spiro atoms. The van der Waals surface area contributed by atoms with Gasteiger partial charge in [0.05, 0.1) is 5.41 Å². The van der Waals surface area contributed by atoms with Crippen molar-refractivity contribution in [2.45, 2.75) is 93.0 Å². The molecule has 29 heavy (non-hydrogen) atoms. The van der Waals surface area contributed by atoms with Crippen molar-refractivity contribution in [2.75, 3.05) is 6.54 Å². The van der Waals surface area contributed by atoms with E-state index in [2.05, 4.69) is 62.0 Å². The van der Waals surface area contributed by atoms with Gasteiger partial charge in [-0.25, -0.2) is 4.99 Å². The highest BCUT2D eigenvalue weighted by atomic mass is 32.1. The van der Waals surface area contributed by atoms with E-state index in [0.717, 1.165) is 35.9 Å². The van der Waals surface area contributed by atoms with Crippen molar-refractivity contribution in [1.82, 2.24) is 9.27 Å². The summed E-state index contributed by atoms with van der Waals surface area (Å²) in [4.78, 5) is 30.7. The molecule has 0 bridgehead atoms. The summed E-state index contributed by atoms with van der Waals surface area (Å²) in [6.07, 6.45) is 6.71. The van der Waals surface area contributed by atoms with E-state index in [0.29, 0.717) is 13.0 Å². The largest absolute Gasteiger partial charge is 0.356 e. The summed E-state index contributed by atoms with van der Waals surface area (Å²) in [5.74, 6) is -0.191. The Bertz CT molecular complexity index is 813. The van der Waals surface area contributed by atoms with E-state index in [9.17, 15) is 9.59 Å². The van der Waals surface area contributed by atoms with Gasteiger partial charge in [-0.15, -0.1) is 0 Å². The van der Waals surface area contributed by atoms with Crippen LogP contribution in [-0.4, -0.2) is 22.3 Å². The molecule has 1 fully saturated rings. The minimum atomic E-state index is -0.638. The second-order valence-electron chi connectivity index (χ2n) is 10.1. The lowest BCUT2D eigenvalue weighted by atomic mass is 9.65. The molecule has 1 aromatic rings. The van der Waals surface area contributed by atoms with Gasteiger partial charge in [-0.1, -0.05) is 34.1 Å². The standard InChI is InChI=1S/C23H39N3O2S/c1-9-11-12-16-15-26(21(3,4)5)29-19(16)25-20(28)23(8)14-13-17(22(23,6)7)18(27)24-10-2/h15,17H,9-14H2,1-8H3,(H,24,27)/b25-19-/t17-,23+/m1/s1. The summed E-state index contributed by atoms with van der Waals surface area (Å²) in [7, 11) is 0. The predicted molar refractivity (Wildman–Crippen MR) is 120 cm³/mol. The molecule has 6 heteroatoms. The topological polar surface area (TPSA) is 63.5 Å². The maximum Gasteiger partial charge on any atom is 0.253 e. The van der Waals surface area contributed by atoms with Crippen LogP contribution in [0.1, 0.15) is 86.6 Å². The number of amides is 2. The summed E-state index contributed by atoms with van der Waals surface area (Å²) < 4.78 is 3.03. The van der Waals surface area contributed by atoms with Crippen molar-refractivity contribution >= 4 is 23.3 Å². The Balaban J connectivity index is 2.43. The fourth-order valence-electron chi connectivity index (χ4n) is 4.19. The number of rotatable bonds is 6. The zero-order valence-electron chi connectivity index (χ0n) is 19.5. The molecule has 1 aromatic heterocycles. The van der Waals surface area contributed by atoms with Crippen LogP contribution in [0.3, 0.4) is 0 Å². The smallest absolute Gasteiger partial charge is 0.253 e.